The third-order valence-corrected chi connectivity index (χ3v) is 5.67. The van der Waals surface area contributed by atoms with E-state index in [4.69, 9.17) is 4.42 Å². The van der Waals surface area contributed by atoms with Crippen molar-refractivity contribution in [3.8, 4) is 0 Å². The van der Waals surface area contributed by atoms with Gasteiger partial charge in [-0.05, 0) is 23.3 Å². The Hall–Kier alpha value is -2.69. The minimum atomic E-state index is -0.548. The minimum absolute atomic E-state index is 0.0842. The number of furan rings is 1. The van der Waals surface area contributed by atoms with Crippen LogP contribution >= 0.6 is 0 Å². The highest BCUT2D eigenvalue weighted by molar-refractivity contribution is 6.11. The van der Waals surface area contributed by atoms with Gasteiger partial charge in [-0.2, -0.15) is 0 Å². The number of Topliss-reactive ketones (excluding diaryl/α,β-unsaturated/α-hetero) is 1. The summed E-state index contributed by atoms with van der Waals surface area (Å²) in [6, 6.07) is 11.2. The molecule has 4 atom stereocenters. The molecule has 1 aliphatic heterocycles. The zero-order valence-corrected chi connectivity index (χ0v) is 12.8. The second kappa shape index (κ2) is 4.66. The smallest absolute Gasteiger partial charge is 0.234 e. The molecule has 3 aliphatic carbocycles. The predicted octanol–water partition coefficient (Wildman–Crippen LogP) is 2.23. The first-order valence-corrected chi connectivity index (χ1v) is 8.16. The lowest BCUT2D eigenvalue weighted by Gasteiger charge is -2.43. The van der Waals surface area contributed by atoms with E-state index in [1.165, 1.54) is 11.2 Å². The summed E-state index contributed by atoms with van der Waals surface area (Å²) < 4.78 is 5.28. The monoisotopic (exact) mass is 321 g/mol. The Bertz CT molecular complexity index is 869. The van der Waals surface area contributed by atoms with Gasteiger partial charge in [-0.25, -0.2) is 0 Å². The van der Waals surface area contributed by atoms with E-state index >= 15 is 0 Å². The summed E-state index contributed by atoms with van der Waals surface area (Å²) in [5.41, 5.74) is 1.99. The Labute approximate surface area is 138 Å². The summed E-state index contributed by atoms with van der Waals surface area (Å²) in [5, 5.41) is 0. The maximum absolute atomic E-state index is 12.9. The van der Waals surface area contributed by atoms with Crippen LogP contribution in [0, 0.1) is 11.8 Å². The van der Waals surface area contributed by atoms with Gasteiger partial charge in [0.25, 0.3) is 0 Å². The van der Waals surface area contributed by atoms with Crippen molar-refractivity contribution in [3.63, 3.8) is 0 Å². The predicted molar refractivity (Wildman–Crippen MR) is 82.8 cm³/mol. The minimum Gasteiger partial charge on any atom is -0.467 e. The fourth-order valence-corrected chi connectivity index (χ4v) is 4.74. The molecule has 120 valence electrons. The largest absolute Gasteiger partial charge is 0.467 e. The SMILES string of the molecule is O=C1CC2c3ccccc3C1C1C(=O)N(Cc3ccco3)C(=O)C21. The number of nitrogens with zero attached hydrogens (tertiary/aromatic N) is 1. The van der Waals surface area contributed by atoms with E-state index in [0.29, 0.717) is 12.2 Å². The highest BCUT2D eigenvalue weighted by atomic mass is 16.3. The molecule has 2 fully saturated rings. The molecule has 0 radical (unpaired) electrons. The molecular formula is C19H15NO4. The van der Waals surface area contributed by atoms with Crippen LogP contribution in [0.1, 0.15) is 35.1 Å². The first-order valence-electron chi connectivity index (χ1n) is 8.16. The third-order valence-electron chi connectivity index (χ3n) is 5.67. The third kappa shape index (κ3) is 1.62. The molecule has 1 saturated carbocycles. The molecule has 2 bridgehead atoms. The number of fused-ring (bicyclic) bond motifs is 1. The van der Waals surface area contributed by atoms with Crippen LogP contribution in [0.3, 0.4) is 0 Å². The summed E-state index contributed by atoms with van der Waals surface area (Å²) in [5.74, 6) is -1.36. The van der Waals surface area contributed by atoms with Gasteiger partial charge in [-0.1, -0.05) is 24.3 Å². The quantitative estimate of drug-likeness (QED) is 0.796. The lowest BCUT2D eigenvalue weighted by molar-refractivity contribution is -0.141. The number of imide groups is 1. The highest BCUT2D eigenvalue weighted by Crippen LogP contribution is 2.57. The van der Waals surface area contributed by atoms with E-state index in [-0.39, 0.29) is 30.1 Å². The van der Waals surface area contributed by atoms with Gasteiger partial charge < -0.3 is 4.42 Å². The summed E-state index contributed by atoms with van der Waals surface area (Å²) in [6.07, 6.45) is 1.88. The molecule has 5 nitrogen and oxygen atoms in total. The number of hydrogen-bond donors (Lipinski definition) is 0. The van der Waals surface area contributed by atoms with Crippen molar-refractivity contribution in [2.45, 2.75) is 24.8 Å². The van der Waals surface area contributed by atoms with Gasteiger partial charge in [0.1, 0.15) is 11.5 Å². The van der Waals surface area contributed by atoms with Crippen molar-refractivity contribution in [1.82, 2.24) is 4.90 Å². The Morgan fingerprint density at radius 2 is 1.71 bits per heavy atom. The van der Waals surface area contributed by atoms with E-state index in [9.17, 15) is 14.4 Å². The number of carbonyl (C=O) groups is 3. The van der Waals surface area contributed by atoms with Crippen LogP contribution in [0.5, 0.6) is 0 Å². The van der Waals surface area contributed by atoms with E-state index in [2.05, 4.69) is 0 Å². The highest BCUT2D eigenvalue weighted by Gasteiger charge is 2.62. The molecule has 1 saturated heterocycles. The average Bonchev–Trinajstić information content (AvgIpc) is 3.19. The van der Waals surface area contributed by atoms with Crippen molar-refractivity contribution >= 4 is 17.6 Å². The van der Waals surface area contributed by atoms with Gasteiger partial charge in [0.05, 0.1) is 30.6 Å². The molecule has 0 N–H and O–H groups in total. The van der Waals surface area contributed by atoms with Crippen molar-refractivity contribution in [3.05, 3.63) is 59.5 Å². The number of carbonyl (C=O) groups excluding carboxylic acids is 3. The van der Waals surface area contributed by atoms with E-state index in [0.717, 1.165) is 11.1 Å². The molecule has 2 amide bonds. The van der Waals surface area contributed by atoms with E-state index < -0.39 is 17.8 Å². The molecule has 4 aliphatic rings. The summed E-state index contributed by atoms with van der Waals surface area (Å²) in [7, 11) is 0. The van der Waals surface area contributed by atoms with Crippen LogP contribution in [0.4, 0.5) is 0 Å². The van der Waals surface area contributed by atoms with E-state index in [1.807, 2.05) is 24.3 Å². The lowest BCUT2D eigenvalue weighted by atomic mass is 9.56. The first-order chi connectivity index (χ1) is 11.7. The van der Waals surface area contributed by atoms with Crippen molar-refractivity contribution < 1.29 is 18.8 Å². The maximum Gasteiger partial charge on any atom is 0.234 e. The Morgan fingerprint density at radius 1 is 0.958 bits per heavy atom. The molecule has 1 aromatic heterocycles. The van der Waals surface area contributed by atoms with Crippen LogP contribution in [-0.4, -0.2) is 22.5 Å². The summed E-state index contributed by atoms with van der Waals surface area (Å²) >= 11 is 0. The van der Waals surface area contributed by atoms with Crippen LogP contribution in [-0.2, 0) is 20.9 Å². The van der Waals surface area contributed by atoms with Gasteiger partial charge in [-0.3, -0.25) is 19.3 Å². The molecule has 2 aromatic rings. The van der Waals surface area contributed by atoms with Crippen LogP contribution in [0.15, 0.2) is 47.1 Å². The number of ketones is 1. The number of hydrogen-bond acceptors (Lipinski definition) is 4. The van der Waals surface area contributed by atoms with Gasteiger partial charge >= 0.3 is 0 Å². The second-order valence-electron chi connectivity index (χ2n) is 6.78. The topological polar surface area (TPSA) is 67.6 Å². The average molecular weight is 321 g/mol. The molecule has 6 rings (SSSR count). The normalized spacial score (nSPS) is 30.7. The maximum atomic E-state index is 12.9. The van der Waals surface area contributed by atoms with Crippen molar-refractivity contribution in [1.29, 1.82) is 0 Å². The Kier molecular flexibility index (Phi) is 2.66. The van der Waals surface area contributed by atoms with Crippen LogP contribution in [0.2, 0.25) is 0 Å². The van der Waals surface area contributed by atoms with Gasteiger partial charge in [0.2, 0.25) is 11.8 Å². The Balaban J connectivity index is 1.59. The molecule has 1 aromatic carbocycles. The molecule has 4 unspecified atom stereocenters. The molecule has 0 spiro atoms. The molecular weight excluding hydrogens is 306 g/mol. The molecule has 24 heavy (non-hydrogen) atoms. The fraction of sp³-hybridized carbons (Fsp3) is 0.316. The standard InChI is InChI=1S/C19H15NO4/c21-14-8-13-11-5-1-2-6-12(11)15(14)17-16(13)18(22)20(19(17)23)9-10-4-3-7-24-10/h1-7,13,15-17H,8-9H2. The summed E-state index contributed by atoms with van der Waals surface area (Å²) in [4.78, 5) is 39.7. The lowest BCUT2D eigenvalue weighted by Crippen LogP contribution is -2.44. The van der Waals surface area contributed by atoms with Gasteiger partial charge in [0.15, 0.2) is 0 Å². The number of benzene rings is 1. The van der Waals surface area contributed by atoms with Gasteiger partial charge in [-0.15, -0.1) is 0 Å². The van der Waals surface area contributed by atoms with E-state index in [1.54, 1.807) is 12.1 Å². The number of likely N-dealkylation sites (tertiary alicyclic amines) is 1. The number of rotatable bonds is 2. The molecule has 2 heterocycles. The second-order valence-corrected chi connectivity index (χ2v) is 6.78. The fourth-order valence-electron chi connectivity index (χ4n) is 4.74. The van der Waals surface area contributed by atoms with Crippen LogP contribution in [0.25, 0.3) is 0 Å². The zero-order chi connectivity index (χ0) is 16.4. The zero-order valence-electron chi connectivity index (χ0n) is 12.8. The first kappa shape index (κ1) is 13.7. The number of amides is 2. The van der Waals surface area contributed by atoms with Crippen molar-refractivity contribution in [2.24, 2.45) is 11.8 Å². The van der Waals surface area contributed by atoms with Crippen LogP contribution < -0.4 is 0 Å². The molecule has 5 heteroatoms. The van der Waals surface area contributed by atoms with Crippen molar-refractivity contribution in [2.75, 3.05) is 0 Å². The van der Waals surface area contributed by atoms with Gasteiger partial charge in [0, 0.05) is 12.3 Å². The summed E-state index contributed by atoms with van der Waals surface area (Å²) in [6.45, 7) is 0.141. The Morgan fingerprint density at radius 3 is 2.46 bits per heavy atom.